The molecule has 0 aliphatic heterocycles. The van der Waals surface area contributed by atoms with Crippen molar-refractivity contribution >= 4 is 11.3 Å². The van der Waals surface area contributed by atoms with Crippen LogP contribution in [0.5, 0.6) is 0 Å². The van der Waals surface area contributed by atoms with Gasteiger partial charge in [-0.2, -0.15) is 0 Å². The zero-order chi connectivity index (χ0) is 11.3. The summed E-state index contributed by atoms with van der Waals surface area (Å²) in [6.45, 7) is 6.24. The third-order valence-corrected chi connectivity index (χ3v) is 3.44. The Kier molecular flexibility index (Phi) is 4.70. The summed E-state index contributed by atoms with van der Waals surface area (Å²) in [5, 5.41) is 11.4. The smallest absolute Gasteiger partial charge is 0.0795 e. The summed E-state index contributed by atoms with van der Waals surface area (Å²) in [6, 6.07) is 0. The van der Waals surface area contributed by atoms with Crippen molar-refractivity contribution < 1.29 is 5.11 Å². The van der Waals surface area contributed by atoms with E-state index >= 15 is 0 Å². The molecule has 3 nitrogen and oxygen atoms in total. The van der Waals surface area contributed by atoms with Crippen molar-refractivity contribution in [1.82, 2.24) is 9.88 Å². The molecule has 0 radical (unpaired) electrons. The first kappa shape index (κ1) is 12.6. The molecule has 1 aromatic heterocycles. The van der Waals surface area contributed by atoms with Crippen LogP contribution >= 0.6 is 11.3 Å². The molecule has 1 heterocycles. The minimum Gasteiger partial charge on any atom is -0.396 e. The Morgan fingerprint density at radius 1 is 1.60 bits per heavy atom. The largest absolute Gasteiger partial charge is 0.396 e. The SMILES string of the molecule is CCC(C)(CO)CN(C)Cc1cscn1. The van der Waals surface area contributed by atoms with Gasteiger partial charge in [-0.15, -0.1) is 11.3 Å². The van der Waals surface area contributed by atoms with E-state index in [1.807, 2.05) is 5.51 Å². The molecule has 0 saturated carbocycles. The van der Waals surface area contributed by atoms with Crippen molar-refractivity contribution in [3.8, 4) is 0 Å². The van der Waals surface area contributed by atoms with Gasteiger partial charge in [0.2, 0.25) is 0 Å². The van der Waals surface area contributed by atoms with E-state index in [-0.39, 0.29) is 12.0 Å². The average Bonchev–Trinajstić information content (AvgIpc) is 2.70. The van der Waals surface area contributed by atoms with E-state index in [9.17, 15) is 5.11 Å². The summed E-state index contributed by atoms with van der Waals surface area (Å²) in [5.74, 6) is 0. The quantitative estimate of drug-likeness (QED) is 0.809. The van der Waals surface area contributed by atoms with Crippen molar-refractivity contribution in [2.75, 3.05) is 20.2 Å². The molecule has 1 rings (SSSR count). The van der Waals surface area contributed by atoms with E-state index < -0.39 is 0 Å². The number of rotatable bonds is 6. The van der Waals surface area contributed by atoms with Crippen LogP contribution in [-0.4, -0.2) is 35.2 Å². The Balaban J connectivity index is 2.44. The lowest BCUT2D eigenvalue weighted by Crippen LogP contribution is -2.35. The highest BCUT2D eigenvalue weighted by Crippen LogP contribution is 2.21. The van der Waals surface area contributed by atoms with Gasteiger partial charge in [0.15, 0.2) is 0 Å². The second-order valence-electron chi connectivity index (χ2n) is 4.47. The van der Waals surface area contributed by atoms with Crippen LogP contribution in [0, 0.1) is 5.41 Å². The lowest BCUT2D eigenvalue weighted by Gasteiger charge is -2.30. The van der Waals surface area contributed by atoms with E-state index in [0.717, 1.165) is 25.2 Å². The van der Waals surface area contributed by atoms with Gasteiger partial charge in [-0.25, -0.2) is 4.98 Å². The van der Waals surface area contributed by atoms with Crippen LogP contribution in [0.4, 0.5) is 0 Å². The number of thiazole rings is 1. The lowest BCUT2D eigenvalue weighted by molar-refractivity contribution is 0.0926. The number of hydrogen-bond donors (Lipinski definition) is 1. The maximum atomic E-state index is 9.32. The van der Waals surface area contributed by atoms with Crippen LogP contribution in [0.2, 0.25) is 0 Å². The lowest BCUT2D eigenvalue weighted by atomic mass is 9.88. The van der Waals surface area contributed by atoms with Gasteiger partial charge in [0.05, 0.1) is 11.2 Å². The van der Waals surface area contributed by atoms with Crippen LogP contribution in [0.25, 0.3) is 0 Å². The minimum atomic E-state index is 0.00473. The van der Waals surface area contributed by atoms with Crippen LogP contribution in [0.3, 0.4) is 0 Å². The molecule has 0 saturated heterocycles. The molecule has 0 aromatic carbocycles. The molecule has 86 valence electrons. The summed E-state index contributed by atoms with van der Waals surface area (Å²) in [4.78, 5) is 6.47. The highest BCUT2D eigenvalue weighted by atomic mass is 32.1. The summed E-state index contributed by atoms with van der Waals surface area (Å²) < 4.78 is 0. The summed E-state index contributed by atoms with van der Waals surface area (Å²) >= 11 is 1.62. The molecule has 0 fully saturated rings. The van der Waals surface area contributed by atoms with Crippen molar-refractivity contribution in [2.24, 2.45) is 5.41 Å². The second kappa shape index (κ2) is 5.58. The van der Waals surface area contributed by atoms with Gasteiger partial charge in [0.25, 0.3) is 0 Å². The molecule has 0 aliphatic rings. The topological polar surface area (TPSA) is 36.4 Å². The Hall–Kier alpha value is -0.450. The van der Waals surface area contributed by atoms with E-state index in [0.29, 0.717) is 0 Å². The first-order valence-corrected chi connectivity index (χ1v) is 6.20. The van der Waals surface area contributed by atoms with Crippen LogP contribution in [0.15, 0.2) is 10.9 Å². The molecule has 1 atom stereocenters. The molecule has 1 N–H and O–H groups in total. The maximum absolute atomic E-state index is 9.32. The van der Waals surface area contributed by atoms with Gasteiger partial charge in [-0.05, 0) is 13.5 Å². The Labute approximate surface area is 95.8 Å². The molecular formula is C11H20N2OS. The number of hydrogen-bond acceptors (Lipinski definition) is 4. The Bertz CT molecular complexity index is 270. The van der Waals surface area contributed by atoms with E-state index in [4.69, 9.17) is 0 Å². The summed E-state index contributed by atoms with van der Waals surface area (Å²) in [5.41, 5.74) is 2.97. The van der Waals surface area contributed by atoms with Gasteiger partial charge in [0, 0.05) is 30.5 Å². The van der Waals surface area contributed by atoms with Gasteiger partial charge in [-0.3, -0.25) is 4.90 Å². The van der Waals surface area contributed by atoms with Crippen molar-refractivity contribution in [1.29, 1.82) is 0 Å². The first-order chi connectivity index (χ1) is 7.09. The predicted molar refractivity (Wildman–Crippen MR) is 63.9 cm³/mol. The fraction of sp³-hybridized carbons (Fsp3) is 0.727. The standard InChI is InChI=1S/C11H20N2OS/c1-4-11(2,8-14)7-13(3)5-10-6-15-9-12-10/h6,9,14H,4-5,7-8H2,1-3H3. The highest BCUT2D eigenvalue weighted by Gasteiger charge is 2.22. The number of aliphatic hydroxyl groups excluding tert-OH is 1. The molecule has 15 heavy (non-hydrogen) atoms. The Morgan fingerprint density at radius 3 is 2.80 bits per heavy atom. The number of aromatic nitrogens is 1. The summed E-state index contributed by atoms with van der Waals surface area (Å²) in [6.07, 6.45) is 0.991. The average molecular weight is 228 g/mol. The maximum Gasteiger partial charge on any atom is 0.0795 e. The van der Waals surface area contributed by atoms with Gasteiger partial charge < -0.3 is 5.11 Å². The van der Waals surface area contributed by atoms with E-state index in [1.54, 1.807) is 11.3 Å². The third kappa shape index (κ3) is 3.89. The molecule has 4 heteroatoms. The van der Waals surface area contributed by atoms with E-state index in [1.165, 1.54) is 0 Å². The van der Waals surface area contributed by atoms with E-state index in [2.05, 4.69) is 36.2 Å². The Morgan fingerprint density at radius 2 is 2.33 bits per heavy atom. The molecular weight excluding hydrogens is 208 g/mol. The molecule has 0 spiro atoms. The molecule has 0 amide bonds. The predicted octanol–water partition coefficient (Wildman–Crippen LogP) is 1.98. The zero-order valence-electron chi connectivity index (χ0n) is 9.73. The monoisotopic (exact) mass is 228 g/mol. The highest BCUT2D eigenvalue weighted by molar-refractivity contribution is 7.07. The second-order valence-corrected chi connectivity index (χ2v) is 5.19. The normalized spacial score (nSPS) is 15.5. The number of aliphatic hydroxyl groups is 1. The minimum absolute atomic E-state index is 0.00473. The molecule has 0 bridgehead atoms. The van der Waals surface area contributed by atoms with Crippen LogP contribution in [-0.2, 0) is 6.54 Å². The van der Waals surface area contributed by atoms with Gasteiger partial charge >= 0.3 is 0 Å². The third-order valence-electron chi connectivity index (χ3n) is 2.80. The van der Waals surface area contributed by atoms with Gasteiger partial charge in [-0.1, -0.05) is 13.8 Å². The van der Waals surface area contributed by atoms with Gasteiger partial charge in [0.1, 0.15) is 0 Å². The fourth-order valence-corrected chi connectivity index (χ4v) is 2.12. The first-order valence-electron chi connectivity index (χ1n) is 5.26. The number of nitrogens with zero attached hydrogens (tertiary/aromatic N) is 2. The van der Waals surface area contributed by atoms with Crippen LogP contribution < -0.4 is 0 Å². The zero-order valence-corrected chi connectivity index (χ0v) is 10.5. The van der Waals surface area contributed by atoms with Crippen molar-refractivity contribution in [2.45, 2.75) is 26.8 Å². The summed E-state index contributed by atoms with van der Waals surface area (Å²) in [7, 11) is 2.07. The molecule has 0 aliphatic carbocycles. The molecule has 1 unspecified atom stereocenters. The van der Waals surface area contributed by atoms with Crippen molar-refractivity contribution in [3.63, 3.8) is 0 Å². The molecule has 1 aromatic rings. The van der Waals surface area contributed by atoms with Crippen LogP contribution in [0.1, 0.15) is 26.0 Å². The fourth-order valence-electron chi connectivity index (χ4n) is 1.57. The van der Waals surface area contributed by atoms with Crippen molar-refractivity contribution in [3.05, 3.63) is 16.6 Å².